The molecule has 0 aromatic heterocycles. The quantitative estimate of drug-likeness (QED) is 0.772. The highest BCUT2D eigenvalue weighted by atomic mass is 16.5. The number of likely N-dealkylation sites (tertiary alicyclic amines) is 1. The Kier molecular flexibility index (Phi) is 4.78. The zero-order chi connectivity index (χ0) is 13.9. The number of hydrogen-bond acceptors (Lipinski definition) is 5. The number of carboxylic acid groups (broad SMARTS) is 1. The van der Waals surface area contributed by atoms with Crippen LogP contribution in [0.3, 0.4) is 0 Å². The second-order valence-electron chi connectivity index (χ2n) is 5.44. The second kappa shape index (κ2) is 6.17. The summed E-state index contributed by atoms with van der Waals surface area (Å²) in [6.07, 6.45) is 1.20. The molecule has 0 bridgehead atoms. The van der Waals surface area contributed by atoms with Crippen LogP contribution in [0, 0.1) is 5.41 Å². The Balaban J connectivity index is 2.00. The summed E-state index contributed by atoms with van der Waals surface area (Å²) in [4.78, 5) is 13.8. The number of hydrogen-bond donors (Lipinski definition) is 1. The van der Waals surface area contributed by atoms with Crippen LogP contribution in [0.1, 0.15) is 12.8 Å². The van der Waals surface area contributed by atoms with E-state index in [2.05, 4.69) is 4.90 Å². The molecule has 2 saturated heterocycles. The van der Waals surface area contributed by atoms with Crippen LogP contribution in [0.2, 0.25) is 0 Å². The van der Waals surface area contributed by atoms with Gasteiger partial charge < -0.3 is 19.3 Å². The third-order valence-corrected chi connectivity index (χ3v) is 4.33. The lowest BCUT2D eigenvalue weighted by atomic mass is 9.80. The van der Waals surface area contributed by atoms with Gasteiger partial charge >= 0.3 is 5.97 Å². The van der Waals surface area contributed by atoms with E-state index in [0.29, 0.717) is 32.6 Å². The van der Waals surface area contributed by atoms with Gasteiger partial charge in [-0.2, -0.15) is 0 Å². The van der Waals surface area contributed by atoms with E-state index in [0.717, 1.165) is 13.1 Å². The molecule has 0 amide bonds. The second-order valence-corrected chi connectivity index (χ2v) is 5.44. The first-order chi connectivity index (χ1) is 9.11. The van der Waals surface area contributed by atoms with Crippen LogP contribution < -0.4 is 0 Å². The minimum absolute atomic E-state index is 0.0238. The Morgan fingerprint density at radius 1 is 1.26 bits per heavy atom. The summed E-state index contributed by atoms with van der Waals surface area (Å²) in [5.41, 5.74) is -0.681. The molecule has 0 saturated carbocycles. The van der Waals surface area contributed by atoms with Crippen LogP contribution >= 0.6 is 0 Å². The maximum Gasteiger partial charge on any atom is 0.311 e. The molecular formula is C13H23NO5. The molecule has 2 aliphatic heterocycles. The lowest BCUT2D eigenvalue weighted by Gasteiger charge is -2.36. The monoisotopic (exact) mass is 273 g/mol. The van der Waals surface area contributed by atoms with Crippen LogP contribution in [-0.4, -0.2) is 75.3 Å². The summed E-state index contributed by atoms with van der Waals surface area (Å²) < 4.78 is 16.1. The first-order valence-electron chi connectivity index (χ1n) is 6.70. The molecule has 2 atom stereocenters. The smallest absolute Gasteiger partial charge is 0.311 e. The maximum absolute atomic E-state index is 11.6. The molecule has 0 aromatic carbocycles. The van der Waals surface area contributed by atoms with Gasteiger partial charge in [0.25, 0.3) is 0 Å². The standard InChI is InChI=1S/C13H23NO5/c1-17-10-7-14(8-11(10)18-2)9-13(12(15)16)3-5-19-6-4-13/h10-11H,3-9H2,1-2H3,(H,15,16). The molecule has 0 aromatic rings. The van der Waals surface area contributed by atoms with Crippen molar-refractivity contribution in [1.29, 1.82) is 0 Å². The van der Waals surface area contributed by atoms with Gasteiger partial charge in [-0.25, -0.2) is 0 Å². The lowest BCUT2D eigenvalue weighted by molar-refractivity contribution is -0.156. The fourth-order valence-corrected chi connectivity index (χ4v) is 3.03. The third-order valence-electron chi connectivity index (χ3n) is 4.33. The Morgan fingerprint density at radius 3 is 2.21 bits per heavy atom. The van der Waals surface area contributed by atoms with Gasteiger partial charge in [0, 0.05) is 47.1 Å². The van der Waals surface area contributed by atoms with Crippen molar-refractivity contribution >= 4 is 5.97 Å². The highest BCUT2D eigenvalue weighted by Gasteiger charge is 2.44. The van der Waals surface area contributed by atoms with Crippen LogP contribution in [0.4, 0.5) is 0 Å². The fourth-order valence-electron chi connectivity index (χ4n) is 3.03. The average molecular weight is 273 g/mol. The molecule has 1 N–H and O–H groups in total. The molecule has 2 rings (SSSR count). The molecule has 2 heterocycles. The Hall–Kier alpha value is -0.690. The number of methoxy groups -OCH3 is 2. The molecule has 2 unspecified atom stereocenters. The van der Waals surface area contributed by atoms with E-state index >= 15 is 0 Å². The largest absolute Gasteiger partial charge is 0.481 e. The number of ether oxygens (including phenoxy) is 3. The van der Waals surface area contributed by atoms with Gasteiger partial charge in [0.05, 0.1) is 17.6 Å². The van der Waals surface area contributed by atoms with Crippen molar-refractivity contribution < 1.29 is 24.1 Å². The molecular weight excluding hydrogens is 250 g/mol. The summed E-state index contributed by atoms with van der Waals surface area (Å²) in [6.45, 7) is 3.06. The van der Waals surface area contributed by atoms with Crippen molar-refractivity contribution in [3.8, 4) is 0 Å². The summed E-state index contributed by atoms with van der Waals surface area (Å²) in [6, 6.07) is 0. The lowest BCUT2D eigenvalue weighted by Crippen LogP contribution is -2.46. The molecule has 6 nitrogen and oxygen atoms in total. The van der Waals surface area contributed by atoms with Gasteiger partial charge in [-0.15, -0.1) is 0 Å². The van der Waals surface area contributed by atoms with E-state index in [4.69, 9.17) is 14.2 Å². The molecule has 110 valence electrons. The minimum Gasteiger partial charge on any atom is -0.481 e. The van der Waals surface area contributed by atoms with Crippen LogP contribution in [-0.2, 0) is 19.0 Å². The molecule has 0 radical (unpaired) electrons. The Labute approximate surface area is 113 Å². The SMILES string of the molecule is COC1CN(CC2(C(=O)O)CCOCC2)CC1OC. The molecule has 2 fully saturated rings. The third kappa shape index (κ3) is 3.08. The Bertz CT molecular complexity index is 304. The summed E-state index contributed by atoms with van der Waals surface area (Å²) in [5.74, 6) is -0.717. The van der Waals surface area contributed by atoms with E-state index in [1.165, 1.54) is 0 Å². The van der Waals surface area contributed by atoms with E-state index in [-0.39, 0.29) is 12.2 Å². The molecule has 2 aliphatic rings. The fraction of sp³-hybridized carbons (Fsp3) is 0.923. The first kappa shape index (κ1) is 14.7. The summed E-state index contributed by atoms with van der Waals surface area (Å²) in [7, 11) is 3.34. The minimum atomic E-state index is -0.717. The molecule has 19 heavy (non-hydrogen) atoms. The van der Waals surface area contributed by atoms with Gasteiger partial charge in [-0.05, 0) is 12.8 Å². The predicted octanol–water partition coefficient (Wildman–Crippen LogP) is 0.213. The number of carbonyl (C=O) groups is 1. The van der Waals surface area contributed by atoms with Crippen molar-refractivity contribution in [2.24, 2.45) is 5.41 Å². The zero-order valence-corrected chi connectivity index (χ0v) is 11.6. The molecule has 0 spiro atoms. The van der Waals surface area contributed by atoms with Gasteiger partial charge in [0.15, 0.2) is 0 Å². The van der Waals surface area contributed by atoms with Crippen molar-refractivity contribution in [1.82, 2.24) is 4.90 Å². The maximum atomic E-state index is 11.6. The van der Waals surface area contributed by atoms with Crippen LogP contribution in [0.15, 0.2) is 0 Å². The first-order valence-corrected chi connectivity index (χ1v) is 6.70. The summed E-state index contributed by atoms with van der Waals surface area (Å²) >= 11 is 0. The Morgan fingerprint density at radius 2 is 1.79 bits per heavy atom. The number of carboxylic acids is 1. The van der Waals surface area contributed by atoms with E-state index in [9.17, 15) is 9.90 Å². The van der Waals surface area contributed by atoms with Gasteiger partial charge in [0.2, 0.25) is 0 Å². The topological polar surface area (TPSA) is 68.2 Å². The molecule has 6 heteroatoms. The van der Waals surface area contributed by atoms with E-state index in [1.54, 1.807) is 14.2 Å². The van der Waals surface area contributed by atoms with E-state index in [1.807, 2.05) is 0 Å². The van der Waals surface area contributed by atoms with Crippen LogP contribution in [0.5, 0.6) is 0 Å². The normalized spacial score (nSPS) is 31.5. The zero-order valence-electron chi connectivity index (χ0n) is 11.6. The van der Waals surface area contributed by atoms with Crippen molar-refractivity contribution in [2.75, 3.05) is 47.1 Å². The van der Waals surface area contributed by atoms with E-state index < -0.39 is 11.4 Å². The summed E-state index contributed by atoms with van der Waals surface area (Å²) in [5, 5.41) is 9.55. The van der Waals surface area contributed by atoms with Gasteiger partial charge in [-0.3, -0.25) is 9.69 Å². The molecule has 0 aliphatic carbocycles. The van der Waals surface area contributed by atoms with Crippen LogP contribution in [0.25, 0.3) is 0 Å². The number of rotatable bonds is 5. The average Bonchev–Trinajstić information content (AvgIpc) is 2.81. The predicted molar refractivity (Wildman–Crippen MR) is 68.2 cm³/mol. The number of aliphatic carboxylic acids is 1. The highest BCUT2D eigenvalue weighted by Crippen LogP contribution is 2.33. The van der Waals surface area contributed by atoms with Crippen molar-refractivity contribution in [3.63, 3.8) is 0 Å². The van der Waals surface area contributed by atoms with Crippen molar-refractivity contribution in [2.45, 2.75) is 25.0 Å². The van der Waals surface area contributed by atoms with Gasteiger partial charge in [0.1, 0.15) is 0 Å². The van der Waals surface area contributed by atoms with Gasteiger partial charge in [-0.1, -0.05) is 0 Å². The highest BCUT2D eigenvalue weighted by molar-refractivity contribution is 5.75. The number of nitrogens with zero attached hydrogens (tertiary/aromatic N) is 1. The van der Waals surface area contributed by atoms with Crippen molar-refractivity contribution in [3.05, 3.63) is 0 Å².